The third-order valence-corrected chi connectivity index (χ3v) is 13.5. The molecule has 0 amide bonds. The zero-order chi connectivity index (χ0) is 44.3. The van der Waals surface area contributed by atoms with E-state index in [0.717, 1.165) is 94.0 Å². The largest absolute Gasteiger partial charge is 1.00 e. The minimum atomic E-state index is -0.623. The number of ether oxygens (including phenoxy) is 4. The molecule has 0 aromatic heterocycles. The molecule has 340 valence electrons. The second kappa shape index (κ2) is 26.9. The Bertz CT molecular complexity index is 1610. The van der Waals surface area contributed by atoms with E-state index in [-0.39, 0.29) is 47.0 Å². The first-order chi connectivity index (χ1) is 29.4. The molecule has 3 saturated carbocycles. The predicted molar refractivity (Wildman–Crippen MR) is 241 cm³/mol. The molecule has 3 aromatic rings. The van der Waals surface area contributed by atoms with E-state index in [0.29, 0.717) is 12.5 Å². The molecule has 4 N–H and O–H groups in total. The van der Waals surface area contributed by atoms with Crippen LogP contribution in [0.4, 0.5) is 0 Å². The van der Waals surface area contributed by atoms with Crippen molar-refractivity contribution in [3.63, 3.8) is 0 Å². The van der Waals surface area contributed by atoms with Crippen molar-refractivity contribution in [3.05, 3.63) is 89.5 Å². The van der Waals surface area contributed by atoms with Crippen LogP contribution in [0.2, 0.25) is 0 Å². The minimum absolute atomic E-state index is 0. The number of nitrogens with zero attached hydrogens (tertiary/aromatic N) is 2. The third kappa shape index (κ3) is 15.2. The van der Waals surface area contributed by atoms with Crippen LogP contribution in [0.3, 0.4) is 0 Å². The van der Waals surface area contributed by atoms with Gasteiger partial charge in [-0.1, -0.05) is 94.2 Å². The van der Waals surface area contributed by atoms with Gasteiger partial charge in [-0.15, -0.1) is 0 Å². The number of carbonyl (C=O) groups is 1. The summed E-state index contributed by atoms with van der Waals surface area (Å²) in [5.74, 6) is 3.31. The number of likely N-dealkylation sites (N-methyl/N-ethyl adjacent to an activating group) is 2. The molecule has 11 nitrogen and oxygen atoms in total. The fourth-order valence-corrected chi connectivity index (χ4v) is 10.1. The van der Waals surface area contributed by atoms with Gasteiger partial charge in [0.1, 0.15) is 17.2 Å². The second-order valence-electron chi connectivity index (χ2n) is 17.8. The van der Waals surface area contributed by atoms with Crippen LogP contribution in [0.5, 0.6) is 17.2 Å². The standard InChI is InChI=1S/C17H25NO2.C17H27NO2.C15H23NO2.CH2O2.Na/c1-18-12-16(14-6-8-15(19-2)9-7-14)17(20-13-18)10-4-3-5-11-17;1-18(2)13-16(17(19)11-5-4-6-12-17)14-7-9-15(20-3)10-8-14;1-18-13-7-5-12(6-8-13)14(11-16)15(17)9-3-2-4-10-15;2-1-3;/h6-9,16H,3-5,10-13H2,1-2H3;7-10,16,19H,4-6,11-13H2,1-3H3;5-8,14,17H,2-4,9-11,16H2,1H3;1H,(H,2,3);/q;;;;+1/p-1. The van der Waals surface area contributed by atoms with Crippen LogP contribution in [0.1, 0.15) is 131 Å². The van der Waals surface area contributed by atoms with Crippen molar-refractivity contribution in [2.75, 3.05) is 68.8 Å². The van der Waals surface area contributed by atoms with Gasteiger partial charge in [-0.2, -0.15) is 0 Å². The quantitative estimate of drug-likeness (QED) is 0.188. The summed E-state index contributed by atoms with van der Waals surface area (Å²) in [5.41, 5.74) is 8.50. The van der Waals surface area contributed by atoms with E-state index in [2.05, 4.69) is 67.3 Å². The van der Waals surface area contributed by atoms with Crippen LogP contribution >= 0.6 is 0 Å². The van der Waals surface area contributed by atoms with E-state index in [1.807, 2.05) is 36.4 Å². The van der Waals surface area contributed by atoms with Gasteiger partial charge in [0.15, 0.2) is 0 Å². The average molecular weight is 870 g/mol. The SMILES string of the molecule is COc1ccc(C(CN(C)C)C2(O)CCCCC2)cc1.COc1ccc(C(CN)C2(O)CCCCC2)cc1.COc1ccc(C2CN(C)COC23CCCCC3)cc1.O=C[O-].[Na+]. The van der Waals surface area contributed by atoms with Gasteiger partial charge in [-0.05, 0) is 113 Å². The topological polar surface area (TPSA) is 150 Å². The molecular weight excluding hydrogens is 794 g/mol. The van der Waals surface area contributed by atoms with Crippen LogP contribution in [-0.2, 0) is 9.53 Å². The summed E-state index contributed by atoms with van der Waals surface area (Å²) >= 11 is 0. The van der Waals surface area contributed by atoms with Crippen molar-refractivity contribution < 1.29 is 68.6 Å². The summed E-state index contributed by atoms with van der Waals surface area (Å²) in [7, 11) is 11.3. The van der Waals surface area contributed by atoms with Crippen LogP contribution < -0.4 is 54.6 Å². The molecule has 1 heterocycles. The fraction of sp³-hybridized carbons (Fsp3) is 0.620. The molecule has 7 rings (SSSR count). The summed E-state index contributed by atoms with van der Waals surface area (Å²) in [4.78, 5) is 12.7. The maximum absolute atomic E-state index is 11.1. The molecule has 12 heteroatoms. The van der Waals surface area contributed by atoms with E-state index in [4.69, 9.17) is 34.6 Å². The smallest absolute Gasteiger partial charge is 0.554 e. The van der Waals surface area contributed by atoms with Crippen LogP contribution in [0.15, 0.2) is 72.8 Å². The Hall–Kier alpha value is -2.71. The Kier molecular flexibility index (Phi) is 23.3. The van der Waals surface area contributed by atoms with Crippen molar-refractivity contribution in [1.29, 1.82) is 0 Å². The van der Waals surface area contributed by atoms with Crippen LogP contribution in [-0.4, -0.2) is 112 Å². The van der Waals surface area contributed by atoms with Gasteiger partial charge in [-0.3, -0.25) is 4.90 Å². The van der Waals surface area contributed by atoms with E-state index in [1.54, 1.807) is 21.3 Å². The molecule has 3 atom stereocenters. The van der Waals surface area contributed by atoms with E-state index < -0.39 is 17.7 Å². The molecule has 1 saturated heterocycles. The normalized spacial score (nSPS) is 21.1. The van der Waals surface area contributed by atoms with Crippen molar-refractivity contribution in [2.24, 2.45) is 5.73 Å². The molecule has 3 aliphatic carbocycles. The summed E-state index contributed by atoms with van der Waals surface area (Å²) in [6.45, 7) is 2.73. The first kappa shape index (κ1) is 53.6. The van der Waals surface area contributed by atoms with E-state index >= 15 is 0 Å². The molecule has 3 unspecified atom stereocenters. The van der Waals surface area contributed by atoms with E-state index in [9.17, 15) is 10.2 Å². The third-order valence-electron chi connectivity index (χ3n) is 13.5. The van der Waals surface area contributed by atoms with Gasteiger partial charge in [0.2, 0.25) is 0 Å². The Balaban J connectivity index is 0.000000238. The Morgan fingerprint density at radius 1 is 0.710 bits per heavy atom. The zero-order valence-electron chi connectivity index (χ0n) is 39.0. The maximum Gasteiger partial charge on any atom is 1.00 e. The molecule has 0 bridgehead atoms. The van der Waals surface area contributed by atoms with Crippen LogP contribution in [0.25, 0.3) is 0 Å². The number of nitrogens with two attached hydrogens (primary N) is 1. The molecular formula is C50H76N3NaO8. The zero-order valence-corrected chi connectivity index (χ0v) is 41.0. The van der Waals surface area contributed by atoms with Crippen molar-refractivity contribution in [3.8, 4) is 17.2 Å². The Morgan fingerprint density at radius 3 is 1.47 bits per heavy atom. The molecule has 3 aromatic carbocycles. The van der Waals surface area contributed by atoms with Gasteiger partial charge in [0.05, 0.1) is 44.9 Å². The van der Waals surface area contributed by atoms with Crippen molar-refractivity contribution >= 4 is 6.47 Å². The van der Waals surface area contributed by atoms with E-state index in [1.165, 1.54) is 56.1 Å². The van der Waals surface area contributed by atoms with Gasteiger partial charge in [-0.25, -0.2) is 0 Å². The number of carbonyl (C=O) groups excluding carboxylic acids is 1. The number of carboxylic acid groups (broad SMARTS) is 1. The number of rotatable bonds is 11. The minimum Gasteiger partial charge on any atom is -0.554 e. The Morgan fingerprint density at radius 2 is 1.08 bits per heavy atom. The monoisotopic (exact) mass is 870 g/mol. The first-order valence-electron chi connectivity index (χ1n) is 22.5. The summed E-state index contributed by atoms with van der Waals surface area (Å²) in [6.07, 6.45) is 16.9. The van der Waals surface area contributed by atoms with Gasteiger partial charge in [0, 0.05) is 43.9 Å². The Labute approximate surface area is 394 Å². The number of methoxy groups -OCH3 is 3. The molecule has 4 aliphatic rings. The number of hydrogen-bond acceptors (Lipinski definition) is 11. The van der Waals surface area contributed by atoms with Gasteiger partial charge in [0.25, 0.3) is 0 Å². The second-order valence-corrected chi connectivity index (χ2v) is 17.8. The summed E-state index contributed by atoms with van der Waals surface area (Å²) in [5, 5.41) is 30.2. The number of hydrogen-bond donors (Lipinski definition) is 3. The molecule has 1 aliphatic heterocycles. The first-order valence-corrected chi connectivity index (χ1v) is 22.5. The number of benzene rings is 3. The van der Waals surface area contributed by atoms with Gasteiger partial charge < -0.3 is 49.7 Å². The fourth-order valence-electron chi connectivity index (χ4n) is 10.1. The molecule has 62 heavy (non-hydrogen) atoms. The molecule has 4 fully saturated rings. The summed E-state index contributed by atoms with van der Waals surface area (Å²) in [6, 6.07) is 24.6. The van der Waals surface area contributed by atoms with Crippen molar-refractivity contribution in [1.82, 2.24) is 9.80 Å². The average Bonchev–Trinajstić information content (AvgIpc) is 3.28. The maximum atomic E-state index is 11.1. The molecule has 1 spiro atoms. The number of aliphatic hydroxyl groups is 2. The summed E-state index contributed by atoms with van der Waals surface area (Å²) < 4.78 is 22.0. The predicted octanol–water partition coefficient (Wildman–Crippen LogP) is 4.24. The molecule has 0 radical (unpaired) electrons. The van der Waals surface area contributed by atoms with Crippen LogP contribution in [0, 0.1) is 0 Å². The van der Waals surface area contributed by atoms with Crippen molar-refractivity contribution in [2.45, 2.75) is 131 Å². The van der Waals surface area contributed by atoms with Gasteiger partial charge >= 0.3 is 29.6 Å².